The highest BCUT2D eigenvalue weighted by molar-refractivity contribution is 5.56. The summed E-state index contributed by atoms with van der Waals surface area (Å²) in [4.78, 5) is 4.57. The van der Waals surface area contributed by atoms with Crippen LogP contribution in [-0.2, 0) is 0 Å². The maximum absolute atomic E-state index is 5.50. The van der Waals surface area contributed by atoms with Gasteiger partial charge in [-0.1, -0.05) is 18.0 Å². The Balaban J connectivity index is 1.52. The molecule has 0 amide bonds. The summed E-state index contributed by atoms with van der Waals surface area (Å²) in [5, 5.41) is 7.84. The van der Waals surface area contributed by atoms with Gasteiger partial charge in [-0.15, -0.1) is 0 Å². The van der Waals surface area contributed by atoms with Crippen molar-refractivity contribution in [3.63, 3.8) is 0 Å². The molecule has 2 aromatic heterocycles. The van der Waals surface area contributed by atoms with Crippen molar-refractivity contribution in [2.75, 3.05) is 0 Å². The van der Waals surface area contributed by atoms with Gasteiger partial charge >= 0.3 is 0 Å². The Kier molecular flexibility index (Phi) is 3.30. The van der Waals surface area contributed by atoms with Gasteiger partial charge < -0.3 is 14.3 Å². The Morgan fingerprint density at radius 1 is 1.19 bits per heavy atom. The Hall–Kier alpha value is -1.62. The highest BCUT2D eigenvalue weighted by Crippen LogP contribution is 2.36. The van der Waals surface area contributed by atoms with Gasteiger partial charge in [0.15, 0.2) is 0 Å². The number of nitrogens with one attached hydrogen (secondary N) is 1. The van der Waals surface area contributed by atoms with Gasteiger partial charge in [0.05, 0.1) is 17.9 Å². The van der Waals surface area contributed by atoms with E-state index in [9.17, 15) is 0 Å². The van der Waals surface area contributed by atoms with Crippen molar-refractivity contribution in [2.24, 2.45) is 5.92 Å². The SMILES string of the molecule is Cc1occc1-c1noc(C2CCC3CCCCC3N2)n1. The van der Waals surface area contributed by atoms with Crippen LogP contribution in [0.5, 0.6) is 0 Å². The van der Waals surface area contributed by atoms with E-state index in [1.54, 1.807) is 6.26 Å². The van der Waals surface area contributed by atoms with E-state index in [2.05, 4.69) is 15.5 Å². The summed E-state index contributed by atoms with van der Waals surface area (Å²) in [5.74, 6) is 3.01. The molecule has 3 atom stereocenters. The van der Waals surface area contributed by atoms with Crippen molar-refractivity contribution in [2.45, 2.75) is 57.5 Å². The molecule has 0 aromatic carbocycles. The van der Waals surface area contributed by atoms with Crippen LogP contribution in [0.2, 0.25) is 0 Å². The summed E-state index contributed by atoms with van der Waals surface area (Å²) in [6.07, 6.45) is 9.39. The van der Waals surface area contributed by atoms with Gasteiger partial charge in [-0.05, 0) is 44.6 Å². The first-order valence-electron chi connectivity index (χ1n) is 7.95. The van der Waals surface area contributed by atoms with Gasteiger partial charge in [-0.2, -0.15) is 4.98 Å². The number of furan rings is 1. The minimum Gasteiger partial charge on any atom is -0.469 e. The van der Waals surface area contributed by atoms with Gasteiger partial charge in [0, 0.05) is 6.04 Å². The fourth-order valence-electron chi connectivity index (χ4n) is 3.79. The van der Waals surface area contributed by atoms with Crippen LogP contribution in [0.1, 0.15) is 56.2 Å². The van der Waals surface area contributed by atoms with Gasteiger partial charge in [-0.25, -0.2) is 0 Å². The molecule has 1 aliphatic heterocycles. The van der Waals surface area contributed by atoms with Gasteiger partial charge in [0.25, 0.3) is 0 Å². The molecule has 0 bridgehead atoms. The number of rotatable bonds is 2. The van der Waals surface area contributed by atoms with E-state index in [0.717, 1.165) is 29.6 Å². The molecule has 5 heteroatoms. The summed E-state index contributed by atoms with van der Waals surface area (Å²) in [6, 6.07) is 2.72. The fraction of sp³-hybridized carbons (Fsp3) is 0.625. The average molecular weight is 287 g/mol. The summed E-state index contributed by atoms with van der Waals surface area (Å²) >= 11 is 0. The van der Waals surface area contributed by atoms with Crippen LogP contribution in [0.3, 0.4) is 0 Å². The molecule has 21 heavy (non-hydrogen) atoms. The molecule has 2 aromatic rings. The Bertz CT molecular complexity index is 619. The third kappa shape index (κ3) is 2.39. The molecule has 4 rings (SSSR count). The molecule has 5 nitrogen and oxygen atoms in total. The molecule has 1 saturated carbocycles. The Labute approximate surface area is 124 Å². The Morgan fingerprint density at radius 3 is 2.95 bits per heavy atom. The maximum atomic E-state index is 5.50. The molecule has 3 heterocycles. The third-order valence-electron chi connectivity index (χ3n) is 4.99. The van der Waals surface area contributed by atoms with Crippen molar-refractivity contribution in [1.29, 1.82) is 0 Å². The molecule has 0 spiro atoms. The van der Waals surface area contributed by atoms with Gasteiger partial charge in [0.2, 0.25) is 11.7 Å². The highest BCUT2D eigenvalue weighted by Gasteiger charge is 2.34. The lowest BCUT2D eigenvalue weighted by atomic mass is 9.78. The van der Waals surface area contributed by atoms with Crippen LogP contribution >= 0.6 is 0 Å². The van der Waals surface area contributed by atoms with Crippen LogP contribution in [0.25, 0.3) is 11.4 Å². The first-order chi connectivity index (χ1) is 10.3. The average Bonchev–Trinajstić information content (AvgIpc) is 3.15. The fourth-order valence-corrected chi connectivity index (χ4v) is 3.79. The number of fused-ring (bicyclic) bond motifs is 1. The van der Waals surface area contributed by atoms with Crippen molar-refractivity contribution in [1.82, 2.24) is 15.5 Å². The molecule has 112 valence electrons. The molecule has 1 aliphatic carbocycles. The van der Waals surface area contributed by atoms with E-state index in [0.29, 0.717) is 11.9 Å². The second kappa shape index (κ2) is 5.30. The molecule has 2 aliphatic rings. The number of hydrogen-bond donors (Lipinski definition) is 1. The molecular weight excluding hydrogens is 266 g/mol. The topological polar surface area (TPSA) is 64.1 Å². The van der Waals surface area contributed by atoms with Crippen molar-refractivity contribution in [3.8, 4) is 11.4 Å². The molecule has 2 fully saturated rings. The first kappa shape index (κ1) is 13.1. The normalized spacial score (nSPS) is 29.3. The first-order valence-corrected chi connectivity index (χ1v) is 7.95. The van der Waals surface area contributed by atoms with E-state index >= 15 is 0 Å². The number of hydrogen-bond acceptors (Lipinski definition) is 5. The van der Waals surface area contributed by atoms with Crippen molar-refractivity contribution >= 4 is 0 Å². The predicted molar refractivity (Wildman–Crippen MR) is 77.6 cm³/mol. The van der Waals surface area contributed by atoms with Crippen molar-refractivity contribution in [3.05, 3.63) is 24.0 Å². The van der Waals surface area contributed by atoms with E-state index in [1.165, 1.54) is 32.1 Å². The zero-order valence-corrected chi connectivity index (χ0v) is 12.3. The summed E-state index contributed by atoms with van der Waals surface area (Å²) in [6.45, 7) is 1.91. The lowest BCUT2D eigenvalue weighted by Gasteiger charge is -2.39. The lowest BCUT2D eigenvalue weighted by molar-refractivity contribution is 0.158. The molecule has 1 N–H and O–H groups in total. The second-order valence-electron chi connectivity index (χ2n) is 6.29. The quantitative estimate of drug-likeness (QED) is 0.914. The highest BCUT2D eigenvalue weighted by atomic mass is 16.5. The standard InChI is InChI=1S/C16H21N3O2/c1-10-12(8-9-20-10)15-18-16(21-19-15)14-7-6-11-4-2-3-5-13(11)17-14/h8-9,11,13-14,17H,2-7H2,1H3. The molecule has 1 saturated heterocycles. The van der Waals surface area contributed by atoms with E-state index in [1.807, 2.05) is 13.0 Å². The lowest BCUT2D eigenvalue weighted by Crippen LogP contribution is -2.44. The third-order valence-corrected chi connectivity index (χ3v) is 4.99. The van der Waals surface area contributed by atoms with Crippen LogP contribution in [0.4, 0.5) is 0 Å². The number of nitrogens with zero attached hydrogens (tertiary/aromatic N) is 2. The van der Waals surface area contributed by atoms with Crippen molar-refractivity contribution < 1.29 is 8.94 Å². The number of piperidine rings is 1. The number of aromatic nitrogens is 2. The minimum absolute atomic E-state index is 0.206. The zero-order chi connectivity index (χ0) is 14.2. The molecular formula is C16H21N3O2. The molecule has 3 unspecified atom stereocenters. The number of aryl methyl sites for hydroxylation is 1. The van der Waals surface area contributed by atoms with Crippen LogP contribution in [0, 0.1) is 12.8 Å². The molecule has 0 radical (unpaired) electrons. The van der Waals surface area contributed by atoms with Gasteiger partial charge in [-0.3, -0.25) is 0 Å². The van der Waals surface area contributed by atoms with E-state index < -0.39 is 0 Å². The zero-order valence-electron chi connectivity index (χ0n) is 12.3. The van der Waals surface area contributed by atoms with E-state index in [-0.39, 0.29) is 6.04 Å². The largest absolute Gasteiger partial charge is 0.469 e. The minimum atomic E-state index is 0.206. The monoisotopic (exact) mass is 287 g/mol. The predicted octanol–water partition coefficient (Wildman–Crippen LogP) is 3.62. The second-order valence-corrected chi connectivity index (χ2v) is 6.29. The Morgan fingerprint density at radius 2 is 2.10 bits per heavy atom. The maximum Gasteiger partial charge on any atom is 0.244 e. The summed E-state index contributed by atoms with van der Waals surface area (Å²) in [7, 11) is 0. The van der Waals surface area contributed by atoms with Crippen LogP contribution in [-0.4, -0.2) is 16.2 Å². The summed E-state index contributed by atoms with van der Waals surface area (Å²) in [5.41, 5.74) is 0.913. The smallest absolute Gasteiger partial charge is 0.244 e. The van der Waals surface area contributed by atoms with Crippen LogP contribution in [0.15, 0.2) is 21.3 Å². The summed E-state index contributed by atoms with van der Waals surface area (Å²) < 4.78 is 10.8. The van der Waals surface area contributed by atoms with Crippen LogP contribution < -0.4 is 5.32 Å². The van der Waals surface area contributed by atoms with E-state index in [4.69, 9.17) is 8.94 Å². The van der Waals surface area contributed by atoms with Gasteiger partial charge in [0.1, 0.15) is 5.76 Å².